The number of rotatable bonds is 1. The number of aromatic nitrogens is 2. The molecule has 18 heavy (non-hydrogen) atoms. The summed E-state index contributed by atoms with van der Waals surface area (Å²) >= 11 is 0. The number of fused-ring (bicyclic) bond motifs is 1. The maximum Gasteiger partial charge on any atom is 0.0892 e. The molecule has 0 fully saturated rings. The van der Waals surface area contributed by atoms with Gasteiger partial charge in [0.1, 0.15) is 0 Å². The molecule has 2 heteroatoms. The normalized spacial score (nSPS) is 10.8. The number of pyridine rings is 2. The molecule has 0 saturated carbocycles. The van der Waals surface area contributed by atoms with E-state index in [9.17, 15) is 0 Å². The standard InChI is InChI=1S/C16H14N2/c1-11-3-4-14(9-12(11)2)15-6-5-13-7-8-17-10-16(13)18-15/h3-10H,1-2H3. The second kappa shape index (κ2) is 4.22. The zero-order valence-corrected chi connectivity index (χ0v) is 10.5. The van der Waals surface area contributed by atoms with Crippen molar-refractivity contribution in [3.63, 3.8) is 0 Å². The van der Waals surface area contributed by atoms with Gasteiger partial charge in [-0.1, -0.05) is 18.2 Å². The van der Waals surface area contributed by atoms with E-state index in [2.05, 4.69) is 54.1 Å². The molecule has 0 bridgehead atoms. The fraction of sp³-hybridized carbons (Fsp3) is 0.125. The molecule has 0 spiro atoms. The first kappa shape index (κ1) is 10.9. The van der Waals surface area contributed by atoms with Gasteiger partial charge in [-0.25, -0.2) is 4.98 Å². The van der Waals surface area contributed by atoms with Gasteiger partial charge in [-0.2, -0.15) is 0 Å². The number of aryl methyl sites for hydroxylation is 2. The van der Waals surface area contributed by atoms with Crippen molar-refractivity contribution < 1.29 is 0 Å². The SMILES string of the molecule is Cc1ccc(-c2ccc3ccncc3n2)cc1C. The Morgan fingerprint density at radius 1 is 0.889 bits per heavy atom. The highest BCUT2D eigenvalue weighted by molar-refractivity contribution is 5.80. The molecule has 0 N–H and O–H groups in total. The third kappa shape index (κ3) is 1.86. The first-order chi connectivity index (χ1) is 8.74. The lowest BCUT2D eigenvalue weighted by atomic mass is 10.0. The molecule has 0 aliphatic carbocycles. The fourth-order valence-corrected chi connectivity index (χ4v) is 2.03. The second-order valence-corrected chi connectivity index (χ2v) is 4.56. The maximum absolute atomic E-state index is 4.65. The zero-order chi connectivity index (χ0) is 12.5. The van der Waals surface area contributed by atoms with Gasteiger partial charge in [0, 0.05) is 17.1 Å². The molecule has 0 radical (unpaired) electrons. The Balaban J connectivity index is 2.16. The lowest BCUT2D eigenvalue weighted by Gasteiger charge is -2.06. The van der Waals surface area contributed by atoms with Crippen molar-refractivity contribution in [2.45, 2.75) is 13.8 Å². The van der Waals surface area contributed by atoms with E-state index in [0.717, 1.165) is 22.2 Å². The first-order valence-corrected chi connectivity index (χ1v) is 6.02. The van der Waals surface area contributed by atoms with Crippen LogP contribution in [0.1, 0.15) is 11.1 Å². The van der Waals surface area contributed by atoms with Crippen molar-refractivity contribution >= 4 is 10.9 Å². The summed E-state index contributed by atoms with van der Waals surface area (Å²) in [6, 6.07) is 12.6. The molecule has 88 valence electrons. The van der Waals surface area contributed by atoms with Gasteiger partial charge < -0.3 is 0 Å². The lowest BCUT2D eigenvalue weighted by Crippen LogP contribution is -1.88. The summed E-state index contributed by atoms with van der Waals surface area (Å²) in [7, 11) is 0. The van der Waals surface area contributed by atoms with Gasteiger partial charge in [0.2, 0.25) is 0 Å². The smallest absolute Gasteiger partial charge is 0.0892 e. The van der Waals surface area contributed by atoms with E-state index in [1.54, 1.807) is 12.4 Å². The van der Waals surface area contributed by atoms with E-state index in [0.29, 0.717) is 0 Å². The minimum atomic E-state index is 0.938. The molecule has 1 aromatic carbocycles. The topological polar surface area (TPSA) is 25.8 Å². The Morgan fingerprint density at radius 2 is 1.78 bits per heavy atom. The van der Waals surface area contributed by atoms with Crippen LogP contribution in [0.2, 0.25) is 0 Å². The Morgan fingerprint density at radius 3 is 2.61 bits per heavy atom. The van der Waals surface area contributed by atoms with Crippen molar-refractivity contribution in [2.75, 3.05) is 0 Å². The van der Waals surface area contributed by atoms with Gasteiger partial charge in [-0.15, -0.1) is 0 Å². The van der Waals surface area contributed by atoms with Crippen molar-refractivity contribution in [1.29, 1.82) is 0 Å². The summed E-state index contributed by atoms with van der Waals surface area (Å²) in [5.74, 6) is 0. The molecule has 0 aliphatic heterocycles. The van der Waals surface area contributed by atoms with E-state index in [1.807, 2.05) is 6.07 Å². The monoisotopic (exact) mass is 234 g/mol. The van der Waals surface area contributed by atoms with Crippen molar-refractivity contribution in [2.24, 2.45) is 0 Å². The van der Waals surface area contributed by atoms with Crippen LogP contribution in [0.25, 0.3) is 22.2 Å². The van der Waals surface area contributed by atoms with Crippen molar-refractivity contribution in [3.05, 3.63) is 59.9 Å². The van der Waals surface area contributed by atoms with Crippen LogP contribution in [0.3, 0.4) is 0 Å². The quantitative estimate of drug-likeness (QED) is 0.638. The first-order valence-electron chi connectivity index (χ1n) is 6.02. The molecule has 2 heterocycles. The average Bonchev–Trinajstić information content (AvgIpc) is 2.41. The van der Waals surface area contributed by atoms with E-state index >= 15 is 0 Å². The minimum absolute atomic E-state index is 0.938. The molecule has 0 aliphatic rings. The summed E-state index contributed by atoms with van der Waals surface area (Å²) in [6.45, 7) is 4.25. The van der Waals surface area contributed by atoms with Gasteiger partial charge in [0.15, 0.2) is 0 Å². The average molecular weight is 234 g/mol. The number of nitrogens with zero attached hydrogens (tertiary/aromatic N) is 2. The van der Waals surface area contributed by atoms with Gasteiger partial charge >= 0.3 is 0 Å². The summed E-state index contributed by atoms with van der Waals surface area (Å²) < 4.78 is 0. The van der Waals surface area contributed by atoms with Gasteiger partial charge in [0.25, 0.3) is 0 Å². The predicted molar refractivity (Wildman–Crippen MR) is 74.4 cm³/mol. The summed E-state index contributed by atoms with van der Waals surface area (Å²) in [4.78, 5) is 8.77. The van der Waals surface area contributed by atoms with Crippen LogP contribution in [0.15, 0.2) is 48.8 Å². The molecular weight excluding hydrogens is 220 g/mol. The van der Waals surface area contributed by atoms with Crippen LogP contribution >= 0.6 is 0 Å². The van der Waals surface area contributed by atoms with E-state index in [4.69, 9.17) is 0 Å². The second-order valence-electron chi connectivity index (χ2n) is 4.56. The predicted octanol–water partition coefficient (Wildman–Crippen LogP) is 3.91. The Bertz CT molecular complexity index is 717. The van der Waals surface area contributed by atoms with Crippen LogP contribution < -0.4 is 0 Å². The third-order valence-corrected chi connectivity index (χ3v) is 3.30. The number of benzene rings is 1. The fourth-order valence-electron chi connectivity index (χ4n) is 2.03. The van der Waals surface area contributed by atoms with Crippen molar-refractivity contribution in [3.8, 4) is 11.3 Å². The Labute approximate surface area is 106 Å². The van der Waals surface area contributed by atoms with E-state index < -0.39 is 0 Å². The highest BCUT2D eigenvalue weighted by Crippen LogP contribution is 2.22. The van der Waals surface area contributed by atoms with Crippen LogP contribution in [0.4, 0.5) is 0 Å². The Kier molecular flexibility index (Phi) is 2.56. The summed E-state index contributed by atoms with van der Waals surface area (Å²) in [5, 5.41) is 1.12. The van der Waals surface area contributed by atoms with Gasteiger partial charge in [0.05, 0.1) is 17.4 Å². The lowest BCUT2D eigenvalue weighted by molar-refractivity contribution is 1.30. The van der Waals surface area contributed by atoms with E-state index in [-0.39, 0.29) is 0 Å². The molecule has 0 saturated heterocycles. The van der Waals surface area contributed by atoms with Crippen LogP contribution in [-0.2, 0) is 0 Å². The van der Waals surface area contributed by atoms with E-state index in [1.165, 1.54) is 11.1 Å². The van der Waals surface area contributed by atoms with Crippen LogP contribution in [0, 0.1) is 13.8 Å². The molecule has 0 unspecified atom stereocenters. The molecule has 2 nitrogen and oxygen atoms in total. The van der Waals surface area contributed by atoms with Crippen molar-refractivity contribution in [1.82, 2.24) is 9.97 Å². The zero-order valence-electron chi connectivity index (χ0n) is 10.5. The Hall–Kier alpha value is -2.22. The highest BCUT2D eigenvalue weighted by Gasteiger charge is 2.02. The summed E-state index contributed by atoms with van der Waals surface area (Å²) in [6.07, 6.45) is 3.60. The van der Waals surface area contributed by atoms with Crippen LogP contribution in [0.5, 0.6) is 0 Å². The highest BCUT2D eigenvalue weighted by atomic mass is 14.7. The molecule has 0 atom stereocenters. The molecule has 3 rings (SSSR count). The molecular formula is C16H14N2. The maximum atomic E-state index is 4.65. The number of hydrogen-bond donors (Lipinski definition) is 0. The van der Waals surface area contributed by atoms with Gasteiger partial charge in [-0.3, -0.25) is 4.98 Å². The summed E-state index contributed by atoms with van der Waals surface area (Å²) in [5.41, 5.74) is 5.69. The minimum Gasteiger partial charge on any atom is -0.262 e. The molecule has 3 aromatic rings. The third-order valence-electron chi connectivity index (χ3n) is 3.30. The largest absolute Gasteiger partial charge is 0.262 e. The molecule has 2 aromatic heterocycles. The number of hydrogen-bond acceptors (Lipinski definition) is 2. The van der Waals surface area contributed by atoms with Gasteiger partial charge in [-0.05, 0) is 43.2 Å². The van der Waals surface area contributed by atoms with Crippen LogP contribution in [-0.4, -0.2) is 9.97 Å². The molecule has 0 amide bonds.